The molecule has 0 spiro atoms. The van der Waals surface area contributed by atoms with Gasteiger partial charge in [-0.15, -0.1) is 0 Å². The van der Waals surface area contributed by atoms with E-state index in [-0.39, 0.29) is 5.41 Å². The molecule has 0 bridgehead atoms. The summed E-state index contributed by atoms with van der Waals surface area (Å²) in [6.07, 6.45) is 4.63. The Balaban J connectivity index is 2.72. The van der Waals surface area contributed by atoms with Crippen LogP contribution in [0.5, 0.6) is 0 Å². The maximum absolute atomic E-state index is 11.6. The lowest BCUT2D eigenvalue weighted by Crippen LogP contribution is -2.51. The van der Waals surface area contributed by atoms with E-state index in [0.717, 1.165) is 45.2 Å². The third kappa shape index (κ3) is 3.44. The first-order valence-electron chi connectivity index (χ1n) is 6.80. The second-order valence-electron chi connectivity index (χ2n) is 6.49. The third-order valence-electron chi connectivity index (χ3n) is 3.82. The molecule has 0 aromatic rings. The Labute approximate surface area is 105 Å². The van der Waals surface area contributed by atoms with E-state index in [1.807, 2.05) is 0 Å². The molecule has 1 N–H and O–H groups in total. The Kier molecular flexibility index (Phi) is 4.59. The zero-order valence-corrected chi connectivity index (χ0v) is 11.8. The van der Waals surface area contributed by atoms with Crippen molar-refractivity contribution in [1.82, 2.24) is 4.90 Å². The summed E-state index contributed by atoms with van der Waals surface area (Å²) in [5.74, 6) is -0.620. The predicted molar refractivity (Wildman–Crippen MR) is 70.2 cm³/mol. The summed E-state index contributed by atoms with van der Waals surface area (Å²) in [7, 11) is 0. The number of carboxylic acids is 1. The maximum atomic E-state index is 11.6. The minimum atomic E-state index is -0.620. The van der Waals surface area contributed by atoms with Gasteiger partial charge in [0.25, 0.3) is 0 Å². The standard InChI is InChI=1S/C14H27NO2/c1-5-7-14(12(16)17)8-6-10-15(14)11-9-13(2,3)4/h5-11H2,1-4H3,(H,16,17). The number of carbonyl (C=O) groups is 1. The molecule has 0 aromatic heterocycles. The summed E-state index contributed by atoms with van der Waals surface area (Å²) < 4.78 is 0. The van der Waals surface area contributed by atoms with Gasteiger partial charge in [0, 0.05) is 0 Å². The lowest BCUT2D eigenvalue weighted by molar-refractivity contribution is -0.150. The van der Waals surface area contributed by atoms with Crippen molar-refractivity contribution < 1.29 is 9.90 Å². The second kappa shape index (κ2) is 5.38. The second-order valence-corrected chi connectivity index (χ2v) is 6.49. The average molecular weight is 241 g/mol. The SMILES string of the molecule is CCCC1(C(=O)O)CCCN1CCC(C)(C)C. The van der Waals surface area contributed by atoms with E-state index in [0.29, 0.717) is 0 Å². The number of rotatable bonds is 5. The van der Waals surface area contributed by atoms with E-state index in [2.05, 4.69) is 32.6 Å². The lowest BCUT2D eigenvalue weighted by atomic mass is 9.88. The minimum Gasteiger partial charge on any atom is -0.480 e. The molecule has 1 saturated heterocycles. The van der Waals surface area contributed by atoms with Crippen LogP contribution < -0.4 is 0 Å². The summed E-state index contributed by atoms with van der Waals surface area (Å²) in [5, 5.41) is 9.55. The quantitative estimate of drug-likeness (QED) is 0.804. The lowest BCUT2D eigenvalue weighted by Gasteiger charge is -2.36. The summed E-state index contributed by atoms with van der Waals surface area (Å²) in [4.78, 5) is 13.8. The largest absolute Gasteiger partial charge is 0.480 e. The van der Waals surface area contributed by atoms with Crippen LogP contribution in [0.25, 0.3) is 0 Å². The van der Waals surface area contributed by atoms with Gasteiger partial charge in [0.15, 0.2) is 0 Å². The van der Waals surface area contributed by atoms with Crippen molar-refractivity contribution in [2.75, 3.05) is 13.1 Å². The molecule has 0 aromatic carbocycles. The molecular weight excluding hydrogens is 214 g/mol. The number of likely N-dealkylation sites (tertiary alicyclic amines) is 1. The van der Waals surface area contributed by atoms with E-state index in [1.54, 1.807) is 0 Å². The Morgan fingerprint density at radius 3 is 2.53 bits per heavy atom. The number of hydrogen-bond acceptors (Lipinski definition) is 2. The van der Waals surface area contributed by atoms with E-state index in [9.17, 15) is 9.90 Å². The van der Waals surface area contributed by atoms with Crippen LogP contribution in [0.3, 0.4) is 0 Å². The zero-order chi connectivity index (χ0) is 13.1. The molecule has 100 valence electrons. The van der Waals surface area contributed by atoms with Crippen LogP contribution in [0.4, 0.5) is 0 Å². The van der Waals surface area contributed by atoms with Gasteiger partial charge >= 0.3 is 5.97 Å². The normalized spacial score (nSPS) is 26.4. The highest BCUT2D eigenvalue weighted by atomic mass is 16.4. The number of carboxylic acid groups (broad SMARTS) is 1. The Morgan fingerprint density at radius 1 is 1.41 bits per heavy atom. The molecule has 3 heteroatoms. The molecular formula is C14H27NO2. The fourth-order valence-electron chi connectivity index (χ4n) is 2.78. The molecule has 17 heavy (non-hydrogen) atoms. The van der Waals surface area contributed by atoms with E-state index in [4.69, 9.17) is 0 Å². The molecule has 1 unspecified atom stereocenters. The number of nitrogens with zero attached hydrogens (tertiary/aromatic N) is 1. The number of aliphatic carboxylic acids is 1. The first kappa shape index (κ1) is 14.5. The van der Waals surface area contributed by atoms with E-state index < -0.39 is 11.5 Å². The van der Waals surface area contributed by atoms with Crippen LogP contribution in [-0.4, -0.2) is 34.6 Å². The van der Waals surface area contributed by atoms with Gasteiger partial charge in [-0.3, -0.25) is 9.69 Å². The van der Waals surface area contributed by atoms with Crippen molar-refractivity contribution in [2.24, 2.45) is 5.41 Å². The first-order chi connectivity index (χ1) is 7.82. The molecule has 0 aliphatic carbocycles. The molecule has 1 heterocycles. The molecule has 3 nitrogen and oxygen atoms in total. The fourth-order valence-corrected chi connectivity index (χ4v) is 2.78. The highest BCUT2D eigenvalue weighted by molar-refractivity contribution is 5.79. The summed E-state index contributed by atoms with van der Waals surface area (Å²) in [6.45, 7) is 10.6. The van der Waals surface area contributed by atoms with Crippen molar-refractivity contribution in [3.8, 4) is 0 Å². The summed E-state index contributed by atoms with van der Waals surface area (Å²) >= 11 is 0. The summed E-state index contributed by atoms with van der Waals surface area (Å²) in [5.41, 5.74) is -0.293. The molecule has 1 fully saturated rings. The third-order valence-corrected chi connectivity index (χ3v) is 3.82. The van der Waals surface area contributed by atoms with Gasteiger partial charge < -0.3 is 5.11 Å². The smallest absolute Gasteiger partial charge is 0.324 e. The zero-order valence-electron chi connectivity index (χ0n) is 11.8. The van der Waals surface area contributed by atoms with Crippen molar-refractivity contribution in [3.05, 3.63) is 0 Å². The van der Waals surface area contributed by atoms with Gasteiger partial charge in [-0.05, 0) is 44.2 Å². The van der Waals surface area contributed by atoms with Gasteiger partial charge in [-0.25, -0.2) is 0 Å². The van der Waals surface area contributed by atoms with E-state index in [1.165, 1.54) is 0 Å². The molecule has 0 saturated carbocycles. The summed E-state index contributed by atoms with van der Waals surface area (Å²) in [6, 6.07) is 0. The van der Waals surface area contributed by atoms with Gasteiger partial charge in [-0.2, -0.15) is 0 Å². The highest BCUT2D eigenvalue weighted by Crippen LogP contribution is 2.35. The molecule has 1 rings (SSSR count). The molecule has 0 radical (unpaired) electrons. The van der Waals surface area contributed by atoms with Crippen molar-refractivity contribution >= 4 is 5.97 Å². The highest BCUT2D eigenvalue weighted by Gasteiger charge is 2.46. The maximum Gasteiger partial charge on any atom is 0.324 e. The van der Waals surface area contributed by atoms with Gasteiger partial charge in [-0.1, -0.05) is 34.1 Å². The van der Waals surface area contributed by atoms with Crippen LogP contribution in [-0.2, 0) is 4.79 Å². The topological polar surface area (TPSA) is 40.5 Å². The van der Waals surface area contributed by atoms with Crippen molar-refractivity contribution in [3.63, 3.8) is 0 Å². The van der Waals surface area contributed by atoms with Crippen LogP contribution in [0.2, 0.25) is 0 Å². The first-order valence-corrected chi connectivity index (χ1v) is 6.80. The van der Waals surface area contributed by atoms with Gasteiger partial charge in [0.2, 0.25) is 0 Å². The molecule has 1 atom stereocenters. The molecule has 1 aliphatic rings. The monoisotopic (exact) mass is 241 g/mol. The minimum absolute atomic E-state index is 0.277. The Hall–Kier alpha value is -0.570. The van der Waals surface area contributed by atoms with E-state index >= 15 is 0 Å². The Morgan fingerprint density at radius 2 is 2.06 bits per heavy atom. The molecule has 0 amide bonds. The van der Waals surface area contributed by atoms with Crippen LogP contribution in [0, 0.1) is 5.41 Å². The van der Waals surface area contributed by atoms with Gasteiger partial charge in [0.1, 0.15) is 5.54 Å². The van der Waals surface area contributed by atoms with Crippen molar-refractivity contribution in [1.29, 1.82) is 0 Å². The van der Waals surface area contributed by atoms with Gasteiger partial charge in [0.05, 0.1) is 0 Å². The number of hydrogen-bond donors (Lipinski definition) is 1. The predicted octanol–water partition coefficient (Wildman–Crippen LogP) is 3.14. The molecule has 1 aliphatic heterocycles. The average Bonchev–Trinajstić information content (AvgIpc) is 2.59. The fraction of sp³-hybridized carbons (Fsp3) is 0.929. The van der Waals surface area contributed by atoms with Crippen molar-refractivity contribution in [2.45, 2.75) is 65.3 Å². The van der Waals surface area contributed by atoms with Crippen LogP contribution in [0.1, 0.15) is 59.8 Å². The Bertz CT molecular complexity index is 270. The van der Waals surface area contributed by atoms with Crippen LogP contribution in [0.15, 0.2) is 0 Å². The van der Waals surface area contributed by atoms with Crippen LogP contribution >= 0.6 is 0 Å².